The Kier molecular flexibility index (Phi) is 2.90. The van der Waals surface area contributed by atoms with Crippen LogP contribution in [0.3, 0.4) is 0 Å². The van der Waals surface area contributed by atoms with E-state index in [1.54, 1.807) is 12.4 Å². The van der Waals surface area contributed by atoms with E-state index in [9.17, 15) is 0 Å². The fraction of sp³-hybridized carbons (Fsp3) is 0.308. The van der Waals surface area contributed by atoms with Crippen molar-refractivity contribution in [2.75, 3.05) is 18.9 Å². The van der Waals surface area contributed by atoms with Gasteiger partial charge < -0.3 is 10.6 Å². The third-order valence-corrected chi connectivity index (χ3v) is 3.11. The number of anilines is 1. The topological polar surface area (TPSA) is 62.7 Å². The van der Waals surface area contributed by atoms with E-state index in [1.807, 2.05) is 19.2 Å². The molecule has 0 aliphatic carbocycles. The van der Waals surface area contributed by atoms with E-state index >= 15 is 0 Å². The number of aromatic nitrogens is 3. The zero-order valence-electron chi connectivity index (χ0n) is 10.3. The van der Waals surface area contributed by atoms with Crippen molar-refractivity contribution in [2.45, 2.75) is 13.0 Å². The van der Waals surface area contributed by atoms with Gasteiger partial charge in [-0.05, 0) is 12.1 Å². The van der Waals surface area contributed by atoms with Crippen LogP contribution in [-0.4, -0.2) is 28.5 Å². The SMILES string of the molecule is CNc1nc(-c2ccncc2)nc2c1CNCC2. The van der Waals surface area contributed by atoms with Crippen molar-refractivity contribution < 1.29 is 0 Å². The van der Waals surface area contributed by atoms with E-state index in [0.29, 0.717) is 0 Å². The number of fused-ring (bicyclic) bond motifs is 1. The Morgan fingerprint density at radius 1 is 1.22 bits per heavy atom. The summed E-state index contributed by atoms with van der Waals surface area (Å²) in [7, 11) is 1.90. The average molecular weight is 241 g/mol. The molecule has 3 rings (SSSR count). The molecular formula is C13H15N5. The van der Waals surface area contributed by atoms with E-state index in [-0.39, 0.29) is 0 Å². The number of rotatable bonds is 2. The van der Waals surface area contributed by atoms with Crippen molar-refractivity contribution >= 4 is 5.82 Å². The molecule has 0 aromatic carbocycles. The smallest absolute Gasteiger partial charge is 0.161 e. The van der Waals surface area contributed by atoms with Gasteiger partial charge in [0.25, 0.3) is 0 Å². The van der Waals surface area contributed by atoms with Gasteiger partial charge in [-0.1, -0.05) is 0 Å². The average Bonchev–Trinajstić information content (AvgIpc) is 2.47. The molecule has 3 heterocycles. The molecule has 0 saturated carbocycles. The molecule has 5 heteroatoms. The Morgan fingerprint density at radius 2 is 2.06 bits per heavy atom. The monoisotopic (exact) mass is 241 g/mol. The van der Waals surface area contributed by atoms with Gasteiger partial charge in [-0.3, -0.25) is 4.98 Å². The highest BCUT2D eigenvalue weighted by Crippen LogP contribution is 2.23. The van der Waals surface area contributed by atoms with Gasteiger partial charge in [0.15, 0.2) is 5.82 Å². The largest absolute Gasteiger partial charge is 0.373 e. The van der Waals surface area contributed by atoms with Crippen LogP contribution in [0.15, 0.2) is 24.5 Å². The first kappa shape index (κ1) is 11.1. The third-order valence-electron chi connectivity index (χ3n) is 3.11. The first-order valence-electron chi connectivity index (χ1n) is 6.07. The maximum atomic E-state index is 4.67. The fourth-order valence-electron chi connectivity index (χ4n) is 2.18. The summed E-state index contributed by atoms with van der Waals surface area (Å²) in [6.45, 7) is 1.81. The van der Waals surface area contributed by atoms with Crippen LogP contribution in [0.5, 0.6) is 0 Å². The maximum Gasteiger partial charge on any atom is 0.161 e. The van der Waals surface area contributed by atoms with E-state index in [0.717, 1.165) is 42.4 Å². The summed E-state index contributed by atoms with van der Waals surface area (Å²) < 4.78 is 0. The van der Waals surface area contributed by atoms with Gasteiger partial charge in [0.05, 0.1) is 5.69 Å². The summed E-state index contributed by atoms with van der Waals surface area (Å²) in [5.74, 6) is 1.68. The van der Waals surface area contributed by atoms with Crippen LogP contribution in [-0.2, 0) is 13.0 Å². The molecule has 1 aliphatic heterocycles. The molecule has 0 spiro atoms. The molecule has 0 saturated heterocycles. The lowest BCUT2D eigenvalue weighted by atomic mass is 10.1. The van der Waals surface area contributed by atoms with E-state index < -0.39 is 0 Å². The van der Waals surface area contributed by atoms with Gasteiger partial charge >= 0.3 is 0 Å². The van der Waals surface area contributed by atoms with Gasteiger partial charge in [-0.15, -0.1) is 0 Å². The van der Waals surface area contributed by atoms with Crippen LogP contribution in [0.1, 0.15) is 11.3 Å². The predicted molar refractivity (Wildman–Crippen MR) is 70.2 cm³/mol. The number of nitrogens with zero attached hydrogens (tertiary/aromatic N) is 3. The number of hydrogen-bond donors (Lipinski definition) is 2. The molecule has 0 fully saturated rings. The number of hydrogen-bond acceptors (Lipinski definition) is 5. The molecule has 2 aromatic heterocycles. The summed E-state index contributed by atoms with van der Waals surface area (Å²) >= 11 is 0. The van der Waals surface area contributed by atoms with Crippen molar-refractivity contribution in [1.82, 2.24) is 20.3 Å². The lowest BCUT2D eigenvalue weighted by Gasteiger charge is -2.19. The lowest BCUT2D eigenvalue weighted by Crippen LogP contribution is -2.26. The molecule has 0 atom stereocenters. The first-order valence-corrected chi connectivity index (χ1v) is 6.07. The van der Waals surface area contributed by atoms with Gasteiger partial charge in [0.2, 0.25) is 0 Å². The van der Waals surface area contributed by atoms with E-state index in [2.05, 4.69) is 25.6 Å². The van der Waals surface area contributed by atoms with E-state index in [1.165, 1.54) is 5.56 Å². The third kappa shape index (κ3) is 1.93. The van der Waals surface area contributed by atoms with Crippen LogP contribution in [0.25, 0.3) is 11.4 Å². The quantitative estimate of drug-likeness (QED) is 0.828. The van der Waals surface area contributed by atoms with Crippen molar-refractivity contribution in [3.8, 4) is 11.4 Å². The minimum atomic E-state index is 0.766. The standard InChI is InChI=1S/C13H15N5/c1-14-13-10-8-16-7-4-11(10)17-12(18-13)9-2-5-15-6-3-9/h2-3,5-6,16H,4,7-8H2,1H3,(H,14,17,18). The van der Waals surface area contributed by atoms with Crippen LogP contribution in [0.2, 0.25) is 0 Å². The summed E-state index contributed by atoms with van der Waals surface area (Å²) in [5, 5.41) is 6.50. The Balaban J connectivity index is 2.12. The normalized spacial score (nSPS) is 14.1. The molecule has 0 radical (unpaired) electrons. The highest BCUT2D eigenvalue weighted by atomic mass is 15.0. The zero-order valence-corrected chi connectivity index (χ0v) is 10.3. The second-order valence-electron chi connectivity index (χ2n) is 4.23. The van der Waals surface area contributed by atoms with Gasteiger partial charge in [0.1, 0.15) is 5.82 Å². The van der Waals surface area contributed by atoms with Crippen molar-refractivity contribution in [3.05, 3.63) is 35.8 Å². The summed E-state index contributed by atoms with van der Waals surface area (Å²) in [6.07, 6.45) is 4.47. The maximum absolute atomic E-state index is 4.67. The Hall–Kier alpha value is -2.01. The molecule has 2 N–H and O–H groups in total. The lowest BCUT2D eigenvalue weighted by molar-refractivity contribution is 0.628. The zero-order chi connectivity index (χ0) is 12.4. The van der Waals surface area contributed by atoms with Crippen LogP contribution < -0.4 is 10.6 Å². The summed E-state index contributed by atoms with van der Waals surface area (Å²) in [6, 6.07) is 3.87. The minimum absolute atomic E-state index is 0.766. The second kappa shape index (κ2) is 4.70. The molecule has 2 aromatic rings. The Morgan fingerprint density at radius 3 is 2.83 bits per heavy atom. The molecule has 18 heavy (non-hydrogen) atoms. The number of pyridine rings is 1. The molecular weight excluding hydrogens is 226 g/mol. The van der Waals surface area contributed by atoms with Gasteiger partial charge in [-0.2, -0.15) is 0 Å². The van der Waals surface area contributed by atoms with Crippen molar-refractivity contribution in [1.29, 1.82) is 0 Å². The second-order valence-corrected chi connectivity index (χ2v) is 4.23. The molecule has 1 aliphatic rings. The predicted octanol–water partition coefficient (Wildman–Crippen LogP) is 1.23. The minimum Gasteiger partial charge on any atom is -0.373 e. The summed E-state index contributed by atoms with van der Waals surface area (Å²) in [5.41, 5.74) is 3.32. The van der Waals surface area contributed by atoms with Crippen molar-refractivity contribution in [2.24, 2.45) is 0 Å². The molecule has 0 amide bonds. The fourth-order valence-corrected chi connectivity index (χ4v) is 2.18. The molecule has 0 bridgehead atoms. The first-order chi connectivity index (χ1) is 8.88. The molecule has 5 nitrogen and oxygen atoms in total. The van der Waals surface area contributed by atoms with Crippen molar-refractivity contribution in [3.63, 3.8) is 0 Å². The summed E-state index contributed by atoms with van der Waals surface area (Å²) in [4.78, 5) is 13.3. The molecule has 0 unspecified atom stereocenters. The van der Waals surface area contributed by atoms with E-state index in [4.69, 9.17) is 0 Å². The number of nitrogens with one attached hydrogen (secondary N) is 2. The Bertz CT molecular complexity index is 536. The van der Waals surface area contributed by atoms with Crippen LogP contribution in [0.4, 0.5) is 5.82 Å². The van der Waals surface area contributed by atoms with Crippen LogP contribution >= 0.6 is 0 Å². The van der Waals surface area contributed by atoms with Gasteiger partial charge in [-0.25, -0.2) is 9.97 Å². The molecule has 92 valence electrons. The van der Waals surface area contributed by atoms with Crippen LogP contribution in [0, 0.1) is 0 Å². The van der Waals surface area contributed by atoms with Gasteiger partial charge in [0, 0.05) is 50.1 Å². The highest BCUT2D eigenvalue weighted by Gasteiger charge is 2.17. The Labute approximate surface area is 106 Å². The highest BCUT2D eigenvalue weighted by molar-refractivity contribution is 5.59.